The van der Waals surface area contributed by atoms with Crippen LogP contribution in [0.5, 0.6) is 0 Å². The van der Waals surface area contributed by atoms with E-state index < -0.39 is 0 Å². The monoisotopic (exact) mass is 234 g/mol. The summed E-state index contributed by atoms with van der Waals surface area (Å²) in [5, 5.41) is 3.53. The van der Waals surface area contributed by atoms with Crippen molar-refractivity contribution in [1.82, 2.24) is 10.3 Å². The summed E-state index contributed by atoms with van der Waals surface area (Å²) >= 11 is 0. The third-order valence-electron chi connectivity index (χ3n) is 3.36. The molecule has 0 bridgehead atoms. The number of ether oxygens (including phenoxy) is 1. The molecule has 0 amide bonds. The molecular formula is C14H22N2O. The van der Waals surface area contributed by atoms with Crippen molar-refractivity contribution in [2.75, 3.05) is 13.2 Å². The normalized spacial score (nSPS) is 21.6. The molecule has 1 saturated heterocycles. The molecule has 2 rings (SSSR count). The van der Waals surface area contributed by atoms with Crippen molar-refractivity contribution in [3.63, 3.8) is 0 Å². The fourth-order valence-corrected chi connectivity index (χ4v) is 2.27. The first kappa shape index (κ1) is 12.5. The molecule has 1 N–H and O–H groups in total. The van der Waals surface area contributed by atoms with E-state index in [1.54, 1.807) is 0 Å². The second-order valence-corrected chi connectivity index (χ2v) is 4.74. The molecule has 2 unspecified atom stereocenters. The summed E-state index contributed by atoms with van der Waals surface area (Å²) in [4.78, 5) is 4.14. The van der Waals surface area contributed by atoms with Crippen molar-refractivity contribution in [3.8, 4) is 0 Å². The zero-order valence-electron chi connectivity index (χ0n) is 10.6. The Hall–Kier alpha value is -0.930. The average molecular weight is 234 g/mol. The number of nitrogens with one attached hydrogen (secondary N) is 1. The number of hydrogen-bond donors (Lipinski definition) is 1. The van der Waals surface area contributed by atoms with Gasteiger partial charge >= 0.3 is 0 Å². The van der Waals surface area contributed by atoms with Crippen molar-refractivity contribution in [2.45, 2.75) is 44.8 Å². The number of rotatable bonds is 6. The fraction of sp³-hybridized carbons (Fsp3) is 0.643. The van der Waals surface area contributed by atoms with Gasteiger partial charge in [-0.25, -0.2) is 0 Å². The van der Waals surface area contributed by atoms with Crippen molar-refractivity contribution in [2.24, 2.45) is 0 Å². The Kier molecular flexibility index (Phi) is 4.95. The Morgan fingerprint density at radius 2 is 2.53 bits per heavy atom. The van der Waals surface area contributed by atoms with Crippen molar-refractivity contribution < 1.29 is 4.74 Å². The number of nitrogens with zero attached hydrogens (tertiary/aromatic N) is 1. The highest BCUT2D eigenvalue weighted by molar-refractivity contribution is 5.12. The van der Waals surface area contributed by atoms with E-state index in [0.717, 1.165) is 13.2 Å². The maximum Gasteiger partial charge on any atom is 0.0576 e. The highest BCUT2D eigenvalue weighted by atomic mass is 16.5. The summed E-state index contributed by atoms with van der Waals surface area (Å²) in [7, 11) is 0. The lowest BCUT2D eigenvalue weighted by molar-refractivity contribution is 0.102. The zero-order valence-corrected chi connectivity index (χ0v) is 10.6. The predicted molar refractivity (Wildman–Crippen MR) is 68.9 cm³/mol. The Morgan fingerprint density at radius 1 is 1.59 bits per heavy atom. The van der Waals surface area contributed by atoms with Crippen LogP contribution in [-0.4, -0.2) is 24.2 Å². The van der Waals surface area contributed by atoms with Crippen LogP contribution >= 0.6 is 0 Å². The van der Waals surface area contributed by atoms with Gasteiger partial charge in [0.05, 0.1) is 6.10 Å². The molecule has 3 nitrogen and oxygen atoms in total. The topological polar surface area (TPSA) is 34.1 Å². The van der Waals surface area contributed by atoms with E-state index in [9.17, 15) is 0 Å². The molecule has 17 heavy (non-hydrogen) atoms. The molecule has 0 saturated carbocycles. The number of hydrogen-bond acceptors (Lipinski definition) is 3. The maximum absolute atomic E-state index is 5.61. The molecule has 1 fully saturated rings. The molecule has 2 atom stereocenters. The van der Waals surface area contributed by atoms with Crippen LogP contribution in [0.1, 0.15) is 44.2 Å². The van der Waals surface area contributed by atoms with Gasteiger partial charge in [-0.15, -0.1) is 0 Å². The van der Waals surface area contributed by atoms with E-state index >= 15 is 0 Å². The molecular weight excluding hydrogens is 212 g/mol. The van der Waals surface area contributed by atoms with Crippen LogP contribution in [0.4, 0.5) is 0 Å². The summed E-state index contributed by atoms with van der Waals surface area (Å²) < 4.78 is 5.61. The van der Waals surface area contributed by atoms with Crippen molar-refractivity contribution in [3.05, 3.63) is 30.1 Å². The van der Waals surface area contributed by atoms with Crippen LogP contribution < -0.4 is 5.32 Å². The van der Waals surface area contributed by atoms with E-state index in [0.29, 0.717) is 12.1 Å². The van der Waals surface area contributed by atoms with Gasteiger partial charge in [0.1, 0.15) is 0 Å². The second-order valence-electron chi connectivity index (χ2n) is 4.74. The summed E-state index contributed by atoms with van der Waals surface area (Å²) in [6.45, 7) is 4.20. The standard InChI is InChI=1S/C14H22N2O/c1-12(13-5-2-8-15-11-13)16-9-3-6-14-7-4-10-17-14/h2,5,8,11-12,14,16H,3-4,6-7,9-10H2,1H3. The first-order valence-corrected chi connectivity index (χ1v) is 6.61. The minimum Gasteiger partial charge on any atom is -0.378 e. The summed E-state index contributed by atoms with van der Waals surface area (Å²) in [6.07, 6.45) is 9.13. The van der Waals surface area contributed by atoms with Crippen LogP contribution in [0.25, 0.3) is 0 Å². The van der Waals surface area contributed by atoms with Crippen LogP contribution in [0, 0.1) is 0 Å². The van der Waals surface area contributed by atoms with Gasteiger partial charge in [0.25, 0.3) is 0 Å². The van der Waals surface area contributed by atoms with Crippen LogP contribution in [0.15, 0.2) is 24.5 Å². The van der Waals surface area contributed by atoms with Gasteiger partial charge in [-0.1, -0.05) is 6.07 Å². The van der Waals surface area contributed by atoms with Crippen LogP contribution in [0.2, 0.25) is 0 Å². The van der Waals surface area contributed by atoms with Crippen molar-refractivity contribution >= 4 is 0 Å². The van der Waals surface area contributed by atoms with Crippen LogP contribution in [0.3, 0.4) is 0 Å². The molecule has 0 spiro atoms. The Morgan fingerprint density at radius 3 is 3.24 bits per heavy atom. The molecule has 1 aliphatic rings. The summed E-state index contributed by atoms with van der Waals surface area (Å²) in [5.41, 5.74) is 1.25. The third-order valence-corrected chi connectivity index (χ3v) is 3.36. The van der Waals surface area contributed by atoms with Gasteiger partial charge in [-0.2, -0.15) is 0 Å². The van der Waals surface area contributed by atoms with Gasteiger partial charge < -0.3 is 10.1 Å². The van der Waals surface area contributed by atoms with Gasteiger partial charge in [0, 0.05) is 25.0 Å². The van der Waals surface area contributed by atoms with E-state index in [1.807, 2.05) is 18.5 Å². The van der Waals surface area contributed by atoms with Gasteiger partial charge in [0.2, 0.25) is 0 Å². The molecule has 1 aromatic heterocycles. The Balaban J connectivity index is 1.61. The molecule has 0 aromatic carbocycles. The van der Waals surface area contributed by atoms with Gasteiger partial charge in [0.15, 0.2) is 0 Å². The highest BCUT2D eigenvalue weighted by Crippen LogP contribution is 2.16. The molecule has 1 aromatic rings. The van der Waals surface area contributed by atoms with Crippen molar-refractivity contribution in [1.29, 1.82) is 0 Å². The minimum atomic E-state index is 0.383. The lowest BCUT2D eigenvalue weighted by atomic mass is 10.1. The Labute approximate surface area is 104 Å². The van der Waals surface area contributed by atoms with E-state index in [1.165, 1.54) is 31.2 Å². The molecule has 3 heteroatoms. The Bertz CT molecular complexity index is 309. The first-order chi connectivity index (χ1) is 8.36. The molecule has 1 aliphatic heterocycles. The maximum atomic E-state index is 5.61. The second kappa shape index (κ2) is 6.72. The molecule has 0 aliphatic carbocycles. The minimum absolute atomic E-state index is 0.383. The average Bonchev–Trinajstić information content (AvgIpc) is 2.88. The van der Waals surface area contributed by atoms with E-state index in [-0.39, 0.29) is 0 Å². The smallest absolute Gasteiger partial charge is 0.0576 e. The number of aromatic nitrogens is 1. The SMILES string of the molecule is CC(NCCCC1CCCO1)c1cccnc1. The zero-order chi connectivity index (χ0) is 11.9. The molecule has 2 heterocycles. The lowest BCUT2D eigenvalue weighted by Gasteiger charge is -2.14. The van der Waals surface area contributed by atoms with E-state index in [2.05, 4.69) is 23.3 Å². The van der Waals surface area contributed by atoms with E-state index in [4.69, 9.17) is 4.74 Å². The largest absolute Gasteiger partial charge is 0.378 e. The molecule has 0 radical (unpaired) electrons. The van der Waals surface area contributed by atoms with Crippen LogP contribution in [-0.2, 0) is 4.74 Å². The summed E-state index contributed by atoms with van der Waals surface area (Å²) in [5.74, 6) is 0. The fourth-order valence-electron chi connectivity index (χ4n) is 2.27. The predicted octanol–water partition coefficient (Wildman–Crippen LogP) is 2.69. The quantitative estimate of drug-likeness (QED) is 0.768. The highest BCUT2D eigenvalue weighted by Gasteiger charge is 2.14. The first-order valence-electron chi connectivity index (χ1n) is 6.61. The number of pyridine rings is 1. The lowest BCUT2D eigenvalue weighted by Crippen LogP contribution is -2.21. The third kappa shape index (κ3) is 4.10. The van der Waals surface area contributed by atoms with Gasteiger partial charge in [-0.3, -0.25) is 4.98 Å². The molecule has 94 valence electrons. The summed E-state index contributed by atoms with van der Waals surface area (Å²) in [6, 6.07) is 4.48. The van der Waals surface area contributed by atoms with Gasteiger partial charge in [-0.05, 0) is 50.8 Å².